The summed E-state index contributed by atoms with van der Waals surface area (Å²) in [5.41, 5.74) is 7.65. The minimum Gasteiger partial charge on any atom is -0.493 e. The van der Waals surface area contributed by atoms with Crippen molar-refractivity contribution in [1.29, 1.82) is 0 Å². The van der Waals surface area contributed by atoms with Gasteiger partial charge in [0.2, 0.25) is 0 Å². The summed E-state index contributed by atoms with van der Waals surface area (Å²) >= 11 is 12.7. The number of pyridine rings is 2. The standard InChI is InChI=1S/C23H17Cl2N3O4/c1-31-17-7-5-13(18-14(24)10-28-11-15(18)25)19-20(23(26)30)21(32-22(17)19)16(29)6-4-12-3-2-8-27-9-12/h2-3,5,7-11H,4,6H2,1H3,(H2,26,30). The van der Waals surface area contributed by atoms with E-state index in [0.29, 0.717) is 28.7 Å². The number of ether oxygens (including phenoxy) is 1. The van der Waals surface area contributed by atoms with Crippen molar-refractivity contribution in [3.63, 3.8) is 0 Å². The van der Waals surface area contributed by atoms with E-state index < -0.39 is 5.91 Å². The number of carbonyl (C=O) groups is 2. The average molecular weight is 470 g/mol. The number of hydrogen-bond acceptors (Lipinski definition) is 6. The molecule has 0 aliphatic carbocycles. The number of carbonyl (C=O) groups excluding carboxylic acids is 2. The average Bonchev–Trinajstić information content (AvgIpc) is 3.19. The topological polar surface area (TPSA) is 108 Å². The number of aryl methyl sites for hydroxylation is 1. The molecular weight excluding hydrogens is 453 g/mol. The van der Waals surface area contributed by atoms with Crippen molar-refractivity contribution in [2.45, 2.75) is 12.8 Å². The number of halogens is 2. The first-order valence-corrected chi connectivity index (χ1v) is 10.3. The van der Waals surface area contributed by atoms with Crippen LogP contribution in [0.3, 0.4) is 0 Å². The molecule has 7 nitrogen and oxygen atoms in total. The Hall–Kier alpha value is -3.42. The lowest BCUT2D eigenvalue weighted by Gasteiger charge is -2.10. The van der Waals surface area contributed by atoms with E-state index in [9.17, 15) is 9.59 Å². The highest BCUT2D eigenvalue weighted by molar-refractivity contribution is 6.39. The lowest BCUT2D eigenvalue weighted by molar-refractivity contribution is 0.0936. The molecule has 32 heavy (non-hydrogen) atoms. The Morgan fingerprint density at radius 2 is 1.84 bits per heavy atom. The van der Waals surface area contributed by atoms with E-state index in [4.69, 9.17) is 38.1 Å². The van der Waals surface area contributed by atoms with E-state index in [1.165, 1.54) is 19.5 Å². The van der Waals surface area contributed by atoms with Crippen LogP contribution >= 0.6 is 23.2 Å². The van der Waals surface area contributed by atoms with Crippen LogP contribution in [0.5, 0.6) is 5.75 Å². The molecule has 0 saturated carbocycles. The zero-order chi connectivity index (χ0) is 22.8. The van der Waals surface area contributed by atoms with Crippen LogP contribution in [-0.2, 0) is 6.42 Å². The molecule has 0 bridgehead atoms. The van der Waals surface area contributed by atoms with Crippen LogP contribution < -0.4 is 10.5 Å². The Labute approximate surface area is 193 Å². The number of methoxy groups -OCH3 is 1. The number of rotatable bonds is 7. The summed E-state index contributed by atoms with van der Waals surface area (Å²) in [6.07, 6.45) is 6.72. The third-order valence-electron chi connectivity index (χ3n) is 5.01. The Morgan fingerprint density at radius 1 is 1.09 bits per heavy atom. The monoisotopic (exact) mass is 469 g/mol. The van der Waals surface area contributed by atoms with Gasteiger partial charge in [0.05, 0.1) is 22.7 Å². The predicted octanol–water partition coefficient (Wildman–Crippen LogP) is 5.12. The van der Waals surface area contributed by atoms with Crippen molar-refractivity contribution in [3.05, 3.63) is 76.0 Å². The molecule has 0 atom stereocenters. The van der Waals surface area contributed by atoms with Crippen LogP contribution in [0.1, 0.15) is 32.9 Å². The zero-order valence-electron chi connectivity index (χ0n) is 16.9. The first-order valence-electron chi connectivity index (χ1n) is 9.57. The van der Waals surface area contributed by atoms with Crippen molar-refractivity contribution < 1.29 is 18.7 Å². The second kappa shape index (κ2) is 8.98. The Kier molecular flexibility index (Phi) is 6.12. The number of amides is 1. The number of nitrogens with zero attached hydrogens (tertiary/aromatic N) is 2. The summed E-state index contributed by atoms with van der Waals surface area (Å²) in [5, 5.41) is 0.840. The highest BCUT2D eigenvalue weighted by Gasteiger charge is 2.29. The first kappa shape index (κ1) is 21.8. The zero-order valence-corrected chi connectivity index (χ0v) is 18.4. The first-order chi connectivity index (χ1) is 15.4. The summed E-state index contributed by atoms with van der Waals surface area (Å²) in [6.45, 7) is 0. The molecular formula is C23H17Cl2N3O4. The molecule has 0 aliphatic heterocycles. The van der Waals surface area contributed by atoms with E-state index in [-0.39, 0.29) is 39.2 Å². The molecule has 0 radical (unpaired) electrons. The van der Waals surface area contributed by atoms with Gasteiger partial charge in [-0.25, -0.2) is 0 Å². The molecule has 1 aromatic carbocycles. The van der Waals surface area contributed by atoms with Gasteiger partial charge >= 0.3 is 0 Å². The fourth-order valence-corrected chi connectivity index (χ4v) is 4.13. The second-order valence-electron chi connectivity index (χ2n) is 6.95. The largest absolute Gasteiger partial charge is 0.493 e. The maximum absolute atomic E-state index is 13.1. The number of ketones is 1. The normalized spacial score (nSPS) is 11.0. The summed E-state index contributed by atoms with van der Waals surface area (Å²) in [5.74, 6) is -0.995. The third-order valence-corrected chi connectivity index (χ3v) is 5.58. The summed E-state index contributed by atoms with van der Waals surface area (Å²) in [7, 11) is 1.46. The number of benzene rings is 1. The molecule has 9 heteroatoms. The number of Topliss-reactive ketones (excluding diaryl/α,β-unsaturated/α-hetero) is 1. The number of nitrogens with two attached hydrogens (primary N) is 1. The number of aromatic nitrogens is 2. The lowest BCUT2D eigenvalue weighted by Crippen LogP contribution is -2.15. The number of fused-ring (bicyclic) bond motifs is 1. The van der Waals surface area contributed by atoms with Crippen LogP contribution in [-0.4, -0.2) is 28.8 Å². The van der Waals surface area contributed by atoms with E-state index in [2.05, 4.69) is 9.97 Å². The SMILES string of the molecule is COc1ccc(-c2c(Cl)cncc2Cl)c2c(C(N)=O)c(C(=O)CCc3cccnc3)oc12. The number of primary amides is 1. The predicted molar refractivity (Wildman–Crippen MR) is 121 cm³/mol. The second-order valence-corrected chi connectivity index (χ2v) is 7.77. The molecule has 4 rings (SSSR count). The molecule has 1 amide bonds. The van der Waals surface area contributed by atoms with Gasteiger partial charge in [0.15, 0.2) is 22.9 Å². The molecule has 0 fully saturated rings. The van der Waals surface area contributed by atoms with Crippen LogP contribution in [0, 0.1) is 0 Å². The van der Waals surface area contributed by atoms with E-state index in [1.807, 2.05) is 6.07 Å². The van der Waals surface area contributed by atoms with E-state index >= 15 is 0 Å². The maximum atomic E-state index is 13.1. The Morgan fingerprint density at radius 3 is 2.47 bits per heavy atom. The molecule has 0 spiro atoms. The molecule has 3 heterocycles. The molecule has 3 aromatic heterocycles. The van der Waals surface area contributed by atoms with E-state index in [1.54, 1.807) is 30.6 Å². The summed E-state index contributed by atoms with van der Waals surface area (Å²) in [6, 6.07) is 6.97. The Balaban J connectivity index is 1.91. The van der Waals surface area contributed by atoms with Gasteiger partial charge in [-0.05, 0) is 35.7 Å². The van der Waals surface area contributed by atoms with Crippen molar-refractivity contribution in [1.82, 2.24) is 9.97 Å². The highest BCUT2D eigenvalue weighted by Crippen LogP contribution is 2.44. The van der Waals surface area contributed by atoms with Crippen molar-refractivity contribution in [2.24, 2.45) is 5.73 Å². The minimum atomic E-state index is -0.815. The molecule has 2 N–H and O–H groups in total. The van der Waals surface area contributed by atoms with Crippen LogP contribution in [0.2, 0.25) is 10.0 Å². The number of furan rings is 1. The van der Waals surface area contributed by atoms with Crippen molar-refractivity contribution in [3.8, 4) is 16.9 Å². The van der Waals surface area contributed by atoms with Crippen LogP contribution in [0.15, 0.2) is 53.5 Å². The van der Waals surface area contributed by atoms with Gasteiger partial charge in [-0.2, -0.15) is 0 Å². The van der Waals surface area contributed by atoms with Gasteiger partial charge in [-0.15, -0.1) is 0 Å². The maximum Gasteiger partial charge on any atom is 0.253 e. The summed E-state index contributed by atoms with van der Waals surface area (Å²) < 4.78 is 11.3. The fraction of sp³-hybridized carbons (Fsp3) is 0.130. The third kappa shape index (κ3) is 3.92. The molecule has 0 saturated heterocycles. The van der Waals surface area contributed by atoms with Gasteiger partial charge in [-0.1, -0.05) is 29.3 Å². The molecule has 0 unspecified atom stereocenters. The van der Waals surface area contributed by atoms with Gasteiger partial charge in [0.1, 0.15) is 0 Å². The van der Waals surface area contributed by atoms with Crippen molar-refractivity contribution in [2.75, 3.05) is 7.11 Å². The summed E-state index contributed by atoms with van der Waals surface area (Å²) in [4.78, 5) is 33.6. The fourth-order valence-electron chi connectivity index (χ4n) is 3.57. The van der Waals surface area contributed by atoms with Gasteiger partial charge in [0, 0.05) is 42.2 Å². The van der Waals surface area contributed by atoms with Gasteiger partial charge in [0.25, 0.3) is 5.91 Å². The smallest absolute Gasteiger partial charge is 0.253 e. The van der Waals surface area contributed by atoms with Crippen LogP contribution in [0.25, 0.3) is 22.1 Å². The number of hydrogen-bond donors (Lipinski definition) is 1. The molecule has 0 aliphatic rings. The van der Waals surface area contributed by atoms with Crippen molar-refractivity contribution >= 4 is 45.9 Å². The molecule has 4 aromatic rings. The quantitative estimate of drug-likeness (QED) is 0.376. The minimum absolute atomic E-state index is 0.0472. The Bertz CT molecular complexity index is 1320. The van der Waals surface area contributed by atoms with Gasteiger partial charge in [-0.3, -0.25) is 19.6 Å². The highest BCUT2D eigenvalue weighted by atomic mass is 35.5. The van der Waals surface area contributed by atoms with Gasteiger partial charge < -0.3 is 14.9 Å². The van der Waals surface area contributed by atoms with Crippen LogP contribution in [0.4, 0.5) is 0 Å². The van der Waals surface area contributed by atoms with E-state index in [0.717, 1.165) is 5.56 Å². The lowest BCUT2D eigenvalue weighted by atomic mass is 9.96. The molecule has 162 valence electrons.